The second-order valence-corrected chi connectivity index (χ2v) is 9.06. The third kappa shape index (κ3) is 15.1. The van der Waals surface area contributed by atoms with E-state index >= 15 is 0 Å². The van der Waals surface area contributed by atoms with Crippen LogP contribution < -0.4 is 26.2 Å². The van der Waals surface area contributed by atoms with Crippen LogP contribution in [0.3, 0.4) is 0 Å². The summed E-state index contributed by atoms with van der Waals surface area (Å²) in [5, 5.41) is 13.1. The Bertz CT molecular complexity index is 1380. The fourth-order valence-corrected chi connectivity index (χ4v) is 3.66. The van der Waals surface area contributed by atoms with Crippen molar-refractivity contribution in [1.29, 1.82) is 0 Å². The molecule has 4 aromatic carbocycles. The van der Waals surface area contributed by atoms with Crippen LogP contribution in [0.5, 0.6) is 11.5 Å². The lowest BCUT2D eigenvalue weighted by molar-refractivity contribution is 0.101. The number of halogens is 2. The van der Waals surface area contributed by atoms with Gasteiger partial charge in [0.25, 0.3) is 0 Å². The van der Waals surface area contributed by atoms with Crippen molar-refractivity contribution in [2.75, 3.05) is 31.7 Å². The number of aliphatic hydroxyl groups is 1. The number of nitrogens with one attached hydrogen (secondary N) is 2. The number of benzene rings is 4. The van der Waals surface area contributed by atoms with Gasteiger partial charge >= 0.3 is 0 Å². The maximum absolute atomic E-state index is 10.8. The molecule has 0 saturated carbocycles. The van der Waals surface area contributed by atoms with Crippen molar-refractivity contribution in [3.63, 3.8) is 0 Å². The third-order valence-electron chi connectivity index (χ3n) is 5.18. The summed E-state index contributed by atoms with van der Waals surface area (Å²) in [6.45, 7) is 5.34. The van der Waals surface area contributed by atoms with Gasteiger partial charge < -0.3 is 20.0 Å². The van der Waals surface area contributed by atoms with Gasteiger partial charge in [-0.2, -0.15) is 5.10 Å². The fraction of sp³-hybridized carbons (Fsp3) is 0.212. The summed E-state index contributed by atoms with van der Waals surface area (Å²) in [4.78, 5) is 10.8. The molecule has 0 unspecified atom stereocenters. The van der Waals surface area contributed by atoms with E-state index < -0.39 is 0 Å². The van der Waals surface area contributed by atoms with E-state index in [9.17, 15) is 4.79 Å². The van der Waals surface area contributed by atoms with E-state index in [1.54, 1.807) is 45.4 Å². The minimum absolute atomic E-state index is 0. The van der Waals surface area contributed by atoms with Crippen LogP contribution in [0.1, 0.15) is 44.1 Å². The number of ether oxygens (including phenoxy) is 2. The Hall–Kier alpha value is -4.08. The van der Waals surface area contributed by atoms with E-state index in [2.05, 4.69) is 16.0 Å². The van der Waals surface area contributed by atoms with Gasteiger partial charge in [0.2, 0.25) is 0 Å². The monoisotopic (exact) mass is 628 g/mol. The Labute approximate surface area is 265 Å². The first-order valence-electron chi connectivity index (χ1n) is 12.9. The Kier molecular flexibility index (Phi) is 20.4. The van der Waals surface area contributed by atoms with Crippen LogP contribution >= 0.6 is 23.2 Å². The Morgan fingerprint density at radius 2 is 1.23 bits per heavy atom. The number of rotatable bonds is 7. The van der Waals surface area contributed by atoms with E-state index in [-0.39, 0.29) is 19.8 Å². The second-order valence-electron chi connectivity index (χ2n) is 8.25. The second kappa shape index (κ2) is 22.5. The smallest absolute Gasteiger partial charge is 0.161 e. The van der Waals surface area contributed by atoms with Crippen molar-refractivity contribution in [3.8, 4) is 11.5 Å². The summed E-state index contributed by atoms with van der Waals surface area (Å²) >= 11 is 11.8. The molecule has 0 radical (unpaired) electrons. The summed E-state index contributed by atoms with van der Waals surface area (Å²) in [6, 6.07) is 29.6. The van der Waals surface area contributed by atoms with Crippen LogP contribution in [0.2, 0.25) is 10.0 Å². The average Bonchev–Trinajstić information content (AvgIpc) is 3.01. The first kappa shape index (κ1) is 38.9. The number of hydrogen-bond acceptors (Lipinski definition) is 8. The topological polar surface area (TPSA) is 118 Å². The number of nitrogens with zero attached hydrogens (tertiary/aromatic N) is 1. The standard InChI is InChI=1S/C15H15ClN2O.C8H7ClO.C7H10N2O.C2H6O.CH4/c1-11(14-8-3-4-9-15(14)16)17-18-12-6-5-7-13(10-12)19-2;1-6(10)7-4-2-3-5-8(7)9;1-10-7-4-2-3-6(5-7)9-8;1-2-3;/h3-10,18H,1-2H3;2-5H,1H3;2-5,9H,8H2,1H3;3H,2H2,1H3;1H4/b17-11+;;;;. The van der Waals surface area contributed by atoms with E-state index in [1.165, 1.54) is 6.92 Å². The molecule has 0 aliphatic rings. The van der Waals surface area contributed by atoms with E-state index in [0.717, 1.165) is 34.1 Å². The van der Waals surface area contributed by atoms with Gasteiger partial charge in [-0.15, -0.1) is 0 Å². The highest BCUT2D eigenvalue weighted by Gasteiger charge is 2.03. The number of nitrogen functional groups attached to an aromatic ring is 1. The largest absolute Gasteiger partial charge is 0.497 e. The molecule has 4 aromatic rings. The number of hydrazine groups is 1. The predicted molar refractivity (Wildman–Crippen MR) is 182 cm³/mol. The molecule has 0 fully saturated rings. The lowest BCUT2D eigenvalue weighted by Gasteiger charge is -2.06. The molecule has 5 N–H and O–H groups in total. The summed E-state index contributed by atoms with van der Waals surface area (Å²) in [6.07, 6.45) is 0. The van der Waals surface area contributed by atoms with E-state index in [4.69, 9.17) is 43.6 Å². The number of Topliss-reactive ketones (excluding diaryl/α,β-unsaturated/α-hetero) is 1. The van der Waals surface area contributed by atoms with Crippen molar-refractivity contribution in [2.45, 2.75) is 28.2 Å². The van der Waals surface area contributed by atoms with E-state index in [0.29, 0.717) is 15.6 Å². The van der Waals surface area contributed by atoms with Gasteiger partial charge in [-0.05, 0) is 63.2 Å². The molecule has 0 bridgehead atoms. The van der Waals surface area contributed by atoms with Gasteiger partial charge in [0, 0.05) is 34.9 Å². The highest BCUT2D eigenvalue weighted by molar-refractivity contribution is 6.34. The van der Waals surface area contributed by atoms with Crippen molar-refractivity contribution >= 4 is 46.1 Å². The van der Waals surface area contributed by atoms with Gasteiger partial charge in [0.1, 0.15) is 11.5 Å². The van der Waals surface area contributed by atoms with Crippen molar-refractivity contribution in [1.82, 2.24) is 0 Å². The Balaban J connectivity index is 0.000000626. The molecular weight excluding hydrogens is 587 g/mol. The first-order valence-corrected chi connectivity index (χ1v) is 13.6. The number of carbonyl (C=O) groups excluding carboxylic acids is 1. The minimum Gasteiger partial charge on any atom is -0.497 e. The summed E-state index contributed by atoms with van der Waals surface area (Å²) < 4.78 is 10.1. The summed E-state index contributed by atoms with van der Waals surface area (Å²) in [5.41, 5.74) is 9.56. The molecule has 10 heteroatoms. The first-order chi connectivity index (χ1) is 20.2. The van der Waals surface area contributed by atoms with Gasteiger partial charge in [0.15, 0.2) is 5.78 Å². The molecule has 8 nitrogen and oxygen atoms in total. The molecular formula is C33H42Cl2N4O4. The molecule has 232 valence electrons. The SMILES string of the molecule is C.CC(=O)c1ccccc1Cl.CCO.COc1cccc(N/N=C(\C)c2ccccc2Cl)c1.COc1cccc(NN)c1. The molecule has 0 amide bonds. The number of ketones is 1. The van der Waals surface area contributed by atoms with Crippen molar-refractivity contribution in [3.05, 3.63) is 118 Å². The van der Waals surface area contributed by atoms with Crippen LogP contribution in [0, 0.1) is 0 Å². The normalized spacial score (nSPS) is 9.65. The molecule has 0 atom stereocenters. The molecule has 0 aromatic heterocycles. The summed E-state index contributed by atoms with van der Waals surface area (Å²) in [7, 11) is 3.26. The molecule has 0 aliphatic carbocycles. The van der Waals surface area contributed by atoms with Gasteiger partial charge in [-0.1, -0.05) is 73.1 Å². The Morgan fingerprint density at radius 1 is 0.791 bits per heavy atom. The van der Waals surface area contributed by atoms with Crippen LogP contribution in [0.15, 0.2) is 102 Å². The number of hydrogen-bond donors (Lipinski definition) is 4. The molecule has 0 aliphatic heterocycles. The van der Waals surface area contributed by atoms with E-state index in [1.807, 2.05) is 79.7 Å². The zero-order chi connectivity index (χ0) is 31.3. The van der Waals surface area contributed by atoms with Crippen LogP contribution in [-0.2, 0) is 0 Å². The predicted octanol–water partition coefficient (Wildman–Crippen LogP) is 8.34. The molecule has 0 heterocycles. The summed E-state index contributed by atoms with van der Waals surface area (Å²) in [5.74, 6) is 6.76. The minimum atomic E-state index is 0. The zero-order valence-corrected chi connectivity index (χ0v) is 25.9. The lowest BCUT2D eigenvalue weighted by Crippen LogP contribution is -2.06. The lowest BCUT2D eigenvalue weighted by atomic mass is 10.1. The number of nitrogens with two attached hydrogens (primary N) is 1. The maximum Gasteiger partial charge on any atom is 0.161 e. The average molecular weight is 630 g/mol. The van der Waals surface area contributed by atoms with Crippen LogP contribution in [0.4, 0.5) is 11.4 Å². The Morgan fingerprint density at radius 3 is 1.65 bits per heavy atom. The van der Waals surface area contributed by atoms with Gasteiger partial charge in [-0.3, -0.25) is 16.1 Å². The highest BCUT2D eigenvalue weighted by Crippen LogP contribution is 2.19. The zero-order valence-electron chi connectivity index (χ0n) is 24.4. The van der Waals surface area contributed by atoms with Crippen molar-refractivity contribution < 1.29 is 19.4 Å². The molecule has 0 saturated heterocycles. The number of carbonyl (C=O) groups is 1. The fourth-order valence-electron chi connectivity index (χ4n) is 3.12. The molecule has 0 spiro atoms. The number of aliphatic hydroxyl groups excluding tert-OH is 1. The quantitative estimate of drug-likeness (QED) is 0.0702. The number of methoxy groups -OCH3 is 2. The number of anilines is 2. The van der Waals surface area contributed by atoms with Crippen LogP contribution in [0.25, 0.3) is 0 Å². The van der Waals surface area contributed by atoms with Gasteiger partial charge in [-0.25, -0.2) is 0 Å². The third-order valence-corrected chi connectivity index (χ3v) is 5.83. The molecule has 4 rings (SSSR count). The van der Waals surface area contributed by atoms with Crippen molar-refractivity contribution in [2.24, 2.45) is 10.9 Å². The van der Waals surface area contributed by atoms with Gasteiger partial charge in [0.05, 0.1) is 36.3 Å². The van der Waals surface area contributed by atoms with Crippen LogP contribution in [-0.4, -0.2) is 37.4 Å². The molecule has 43 heavy (non-hydrogen) atoms. The maximum atomic E-state index is 10.8. The highest BCUT2D eigenvalue weighted by atomic mass is 35.5. The number of hydrazone groups is 1.